The van der Waals surface area contributed by atoms with Crippen LogP contribution in [0.5, 0.6) is 0 Å². The quantitative estimate of drug-likeness (QED) is 0.0211. The second-order valence-electron chi connectivity index (χ2n) is 30.1. The second kappa shape index (κ2) is 81.6. The molecule has 0 aliphatic carbocycles. The summed E-state index contributed by atoms with van der Waals surface area (Å²) in [5.41, 5.74) is 0. The maximum atomic E-state index is 13.0. The van der Waals surface area contributed by atoms with E-state index in [9.17, 15) is 19.5 Å². The van der Waals surface area contributed by atoms with Crippen LogP contribution < -0.4 is 0 Å². The van der Waals surface area contributed by atoms with Gasteiger partial charge in [-0.25, -0.2) is 4.79 Å². The number of esters is 2. The van der Waals surface area contributed by atoms with Crippen LogP contribution in [0.25, 0.3) is 0 Å². The summed E-state index contributed by atoms with van der Waals surface area (Å²) < 4.78 is 23.1. The van der Waals surface area contributed by atoms with Crippen LogP contribution in [0.3, 0.4) is 0 Å². The Kier molecular flexibility index (Phi) is 78.3. The van der Waals surface area contributed by atoms with Gasteiger partial charge >= 0.3 is 17.9 Å². The minimum atomic E-state index is -1.52. The molecule has 0 aromatic heterocycles. The standard InChI is InChI=1S/C92H163NO8/c1-6-8-10-12-14-16-18-20-22-24-26-28-30-32-34-36-38-40-42-44-45-47-48-50-52-54-56-58-60-62-64-66-68-70-72-74-76-78-80-82-89(94)99-86-88(87-100-92(91(96)97)98-85-84-93(3,4)5)101-90(95)83-81-79-77-75-73-71-69-67-65-63-61-59-57-55-53-51-49-46-43-41-39-37-35-33-31-29-27-25-23-21-19-17-15-13-11-9-7-2/h9,11,15,17,21,23,27,29,33,35,39,41,46,49,53,55,59,61,88,92H,6-8,10,12-14,16,18-20,22,24-26,28,30-32,34,36-38,40,42-45,47-48,50-52,54,56-58,60,62-87H2,1-5H3/p+1/b11-9-,17-15-,23-21-,29-27-,35-33-,41-39-,49-46-,55-53-,61-59-. The summed E-state index contributed by atoms with van der Waals surface area (Å²) in [6, 6.07) is 0. The molecule has 2 unspecified atom stereocenters. The van der Waals surface area contributed by atoms with E-state index in [2.05, 4.69) is 123 Å². The number of quaternary nitrogens is 1. The fraction of sp³-hybridized carbons (Fsp3) is 0.772. The van der Waals surface area contributed by atoms with Crippen molar-refractivity contribution in [3.05, 3.63) is 109 Å². The van der Waals surface area contributed by atoms with E-state index in [1.165, 1.54) is 263 Å². The van der Waals surface area contributed by atoms with Gasteiger partial charge in [-0.15, -0.1) is 0 Å². The van der Waals surface area contributed by atoms with E-state index in [0.717, 1.165) is 103 Å². The van der Waals surface area contributed by atoms with Crippen LogP contribution in [-0.2, 0) is 33.3 Å². The first-order chi connectivity index (χ1) is 49.6. The molecule has 9 nitrogen and oxygen atoms in total. The highest BCUT2D eigenvalue weighted by Crippen LogP contribution is 2.20. The molecule has 0 aromatic rings. The number of rotatable bonds is 80. The van der Waals surface area contributed by atoms with Gasteiger partial charge in [-0.05, 0) is 83.5 Å². The van der Waals surface area contributed by atoms with Gasteiger partial charge in [0.15, 0.2) is 6.10 Å². The van der Waals surface area contributed by atoms with Crippen molar-refractivity contribution >= 4 is 17.9 Å². The second-order valence-corrected chi connectivity index (χ2v) is 30.1. The molecule has 0 bridgehead atoms. The first-order valence-electron chi connectivity index (χ1n) is 43.1. The number of hydrogen-bond donors (Lipinski definition) is 1. The van der Waals surface area contributed by atoms with Crippen molar-refractivity contribution in [2.24, 2.45) is 0 Å². The molecule has 0 amide bonds. The Hall–Kier alpha value is -4.05. The van der Waals surface area contributed by atoms with Crippen LogP contribution >= 0.6 is 0 Å². The number of nitrogens with zero attached hydrogens (tertiary/aromatic N) is 1. The first-order valence-corrected chi connectivity index (χ1v) is 43.1. The molecule has 1 N–H and O–H groups in total. The van der Waals surface area contributed by atoms with E-state index in [0.29, 0.717) is 23.9 Å². The molecule has 0 radical (unpaired) electrons. The molecule has 0 aliphatic rings. The minimum Gasteiger partial charge on any atom is -0.477 e. The highest BCUT2D eigenvalue weighted by Gasteiger charge is 2.25. The molecule has 0 heterocycles. The highest BCUT2D eigenvalue weighted by molar-refractivity contribution is 5.71. The lowest BCUT2D eigenvalue weighted by Gasteiger charge is -2.25. The zero-order valence-corrected chi connectivity index (χ0v) is 67.1. The van der Waals surface area contributed by atoms with Gasteiger partial charge in [-0.1, -0.05) is 412 Å². The zero-order chi connectivity index (χ0) is 73.2. The molecule has 9 heteroatoms. The van der Waals surface area contributed by atoms with Gasteiger partial charge in [-0.2, -0.15) is 0 Å². The van der Waals surface area contributed by atoms with Crippen LogP contribution in [0, 0.1) is 0 Å². The lowest BCUT2D eigenvalue weighted by molar-refractivity contribution is -0.870. The Morgan fingerprint density at radius 1 is 0.307 bits per heavy atom. The topological polar surface area (TPSA) is 108 Å². The van der Waals surface area contributed by atoms with Crippen LogP contribution in [0.1, 0.15) is 399 Å². The van der Waals surface area contributed by atoms with Crippen molar-refractivity contribution in [3.8, 4) is 0 Å². The van der Waals surface area contributed by atoms with Crippen LogP contribution in [0.15, 0.2) is 109 Å². The maximum absolute atomic E-state index is 13.0. The molecule has 0 saturated carbocycles. The van der Waals surface area contributed by atoms with Crippen LogP contribution in [0.2, 0.25) is 0 Å². The molecule has 101 heavy (non-hydrogen) atoms. The molecule has 0 aliphatic heterocycles. The third-order valence-electron chi connectivity index (χ3n) is 19.0. The SMILES string of the molecule is CC/C=C\C/C=C\C/C=C\C/C=C\C/C=C\C/C=C\C/C=C\C/C=C\C/C=C\CCCCCCCCCCCC(=O)OC(COC(=O)CCCCCCCCCCCCCCCCCCCCCCCCCCCCCCCCCCCCCCCCC)COC(OCC[N+](C)(C)C)C(=O)O. The highest BCUT2D eigenvalue weighted by atomic mass is 16.7. The Morgan fingerprint density at radius 3 is 0.842 bits per heavy atom. The molecule has 0 saturated heterocycles. The van der Waals surface area contributed by atoms with Gasteiger partial charge in [0.25, 0.3) is 6.29 Å². The van der Waals surface area contributed by atoms with Crippen LogP contribution in [0.4, 0.5) is 0 Å². The number of carboxylic acid groups (broad SMARTS) is 1. The number of aliphatic carboxylic acids is 1. The fourth-order valence-electron chi connectivity index (χ4n) is 12.5. The van der Waals surface area contributed by atoms with Gasteiger partial charge in [0.1, 0.15) is 13.2 Å². The average molecular weight is 1410 g/mol. The molecule has 0 spiro atoms. The maximum Gasteiger partial charge on any atom is 0.361 e. The third kappa shape index (κ3) is 83.1. The predicted molar refractivity (Wildman–Crippen MR) is 438 cm³/mol. The first kappa shape index (κ1) is 97.0. The molecular weight excluding hydrogens is 1250 g/mol. The largest absolute Gasteiger partial charge is 0.477 e. The number of likely N-dealkylation sites (N-methyl/N-ethyl adjacent to an activating group) is 1. The van der Waals surface area contributed by atoms with Crippen molar-refractivity contribution < 1.29 is 42.9 Å². The summed E-state index contributed by atoms with van der Waals surface area (Å²) in [7, 11) is 5.99. The van der Waals surface area contributed by atoms with Gasteiger partial charge in [0, 0.05) is 12.8 Å². The van der Waals surface area contributed by atoms with Crippen molar-refractivity contribution in [2.75, 3.05) is 47.5 Å². The number of ether oxygens (including phenoxy) is 4. The molecule has 0 rings (SSSR count). The Bertz CT molecular complexity index is 2040. The summed E-state index contributed by atoms with van der Waals surface area (Å²) in [5.74, 6) is -2.00. The van der Waals surface area contributed by atoms with E-state index in [1.54, 1.807) is 0 Å². The van der Waals surface area contributed by atoms with Gasteiger partial charge in [0.05, 0.1) is 34.4 Å². The molecule has 2 atom stereocenters. The van der Waals surface area contributed by atoms with Crippen LogP contribution in [-0.4, -0.2) is 87.4 Å². The zero-order valence-electron chi connectivity index (χ0n) is 67.1. The van der Waals surface area contributed by atoms with E-state index in [4.69, 9.17) is 18.9 Å². The Balaban J connectivity index is 4.00. The smallest absolute Gasteiger partial charge is 0.361 e. The number of hydrogen-bond acceptors (Lipinski definition) is 7. The molecular formula is C92H164NO8+. The summed E-state index contributed by atoms with van der Waals surface area (Å²) in [6.07, 6.45) is 113. The third-order valence-corrected chi connectivity index (χ3v) is 19.0. The number of carbonyl (C=O) groups is 3. The summed E-state index contributed by atoms with van der Waals surface area (Å²) in [4.78, 5) is 37.8. The lowest BCUT2D eigenvalue weighted by Crippen LogP contribution is -2.40. The van der Waals surface area contributed by atoms with Crippen molar-refractivity contribution in [2.45, 2.75) is 411 Å². The molecule has 584 valence electrons. The summed E-state index contributed by atoms with van der Waals surface area (Å²) in [6.45, 7) is 4.81. The number of unbranched alkanes of at least 4 members (excludes halogenated alkanes) is 47. The van der Waals surface area contributed by atoms with Crippen molar-refractivity contribution in [3.63, 3.8) is 0 Å². The van der Waals surface area contributed by atoms with E-state index < -0.39 is 24.3 Å². The number of carbonyl (C=O) groups excluding carboxylic acids is 2. The monoisotopic (exact) mass is 1410 g/mol. The van der Waals surface area contributed by atoms with E-state index in [1.807, 2.05) is 21.1 Å². The summed E-state index contributed by atoms with van der Waals surface area (Å²) >= 11 is 0. The molecule has 0 fully saturated rings. The van der Waals surface area contributed by atoms with Crippen molar-refractivity contribution in [1.29, 1.82) is 0 Å². The molecule has 0 aromatic carbocycles. The van der Waals surface area contributed by atoms with Gasteiger partial charge in [0.2, 0.25) is 0 Å². The minimum absolute atomic E-state index is 0.184. The lowest BCUT2D eigenvalue weighted by atomic mass is 10.0. The van der Waals surface area contributed by atoms with Gasteiger partial charge in [-0.3, -0.25) is 9.59 Å². The van der Waals surface area contributed by atoms with E-state index in [-0.39, 0.29) is 32.2 Å². The normalized spacial score (nSPS) is 13.2. The van der Waals surface area contributed by atoms with E-state index >= 15 is 0 Å². The van der Waals surface area contributed by atoms with Gasteiger partial charge < -0.3 is 28.5 Å². The Morgan fingerprint density at radius 2 is 0.564 bits per heavy atom. The Labute approximate surface area is 625 Å². The number of carboxylic acids is 1. The number of allylic oxidation sites excluding steroid dienone is 18. The average Bonchev–Trinajstić information content (AvgIpc) is 1.25. The van der Waals surface area contributed by atoms with Crippen molar-refractivity contribution in [1.82, 2.24) is 0 Å². The summed E-state index contributed by atoms with van der Waals surface area (Å²) in [5, 5.41) is 9.79. The fourth-order valence-corrected chi connectivity index (χ4v) is 12.5. The predicted octanol–water partition coefficient (Wildman–Crippen LogP) is 28.0.